The minimum atomic E-state index is -0.609. The van der Waals surface area contributed by atoms with E-state index in [0.29, 0.717) is 46.4 Å². The molecule has 3 aromatic carbocycles. The first-order chi connectivity index (χ1) is 19.4. The molecular formula is C31H31N5O4. The number of aryl methyl sites for hydroxylation is 1. The number of carbonyl (C=O) groups excluding carboxylic acids is 2. The first kappa shape index (κ1) is 26.6. The zero-order valence-electron chi connectivity index (χ0n) is 22.8. The van der Waals surface area contributed by atoms with Crippen LogP contribution in [-0.4, -0.2) is 35.3 Å². The molecule has 204 valence electrons. The molecule has 0 unspecified atom stereocenters. The summed E-state index contributed by atoms with van der Waals surface area (Å²) in [5.74, 6) is 1.14. The van der Waals surface area contributed by atoms with Crippen molar-refractivity contribution in [3.8, 4) is 11.5 Å². The predicted octanol–water partition coefficient (Wildman–Crippen LogP) is 5.78. The molecule has 9 nitrogen and oxygen atoms in total. The van der Waals surface area contributed by atoms with E-state index >= 15 is 0 Å². The summed E-state index contributed by atoms with van der Waals surface area (Å²) in [5.41, 5.74) is 4.50. The second-order valence-electron chi connectivity index (χ2n) is 9.40. The maximum absolute atomic E-state index is 13.8. The number of amides is 2. The van der Waals surface area contributed by atoms with Gasteiger partial charge >= 0.3 is 0 Å². The van der Waals surface area contributed by atoms with Crippen LogP contribution in [-0.2, 0) is 4.79 Å². The van der Waals surface area contributed by atoms with Crippen LogP contribution < -0.4 is 25.4 Å². The number of methoxy groups -OCH3 is 1. The van der Waals surface area contributed by atoms with Crippen molar-refractivity contribution in [3.05, 3.63) is 107 Å². The summed E-state index contributed by atoms with van der Waals surface area (Å²) in [7, 11) is 1.56. The van der Waals surface area contributed by atoms with Crippen LogP contribution in [0.5, 0.6) is 11.5 Å². The van der Waals surface area contributed by atoms with E-state index < -0.39 is 6.04 Å². The van der Waals surface area contributed by atoms with Crippen LogP contribution in [0, 0.1) is 6.92 Å². The monoisotopic (exact) mass is 537 g/mol. The first-order valence-electron chi connectivity index (χ1n) is 13.0. The van der Waals surface area contributed by atoms with Crippen molar-refractivity contribution in [2.75, 3.05) is 29.7 Å². The van der Waals surface area contributed by atoms with Gasteiger partial charge in [0, 0.05) is 11.4 Å². The highest BCUT2D eigenvalue weighted by Gasteiger charge is 2.35. The molecule has 1 atom stereocenters. The van der Waals surface area contributed by atoms with Crippen LogP contribution in [0.4, 0.5) is 17.2 Å². The number of nitrogens with zero attached hydrogens (tertiary/aromatic N) is 2. The van der Waals surface area contributed by atoms with Gasteiger partial charge in [0.15, 0.2) is 0 Å². The summed E-state index contributed by atoms with van der Waals surface area (Å²) in [5, 5.41) is 13.8. The first-order valence-corrected chi connectivity index (χ1v) is 13.0. The second kappa shape index (κ2) is 11.4. The fourth-order valence-electron chi connectivity index (χ4n) is 4.80. The molecule has 1 aromatic heterocycles. The number of anilines is 3. The molecule has 0 bridgehead atoms. The van der Waals surface area contributed by atoms with Crippen molar-refractivity contribution < 1.29 is 19.1 Å². The summed E-state index contributed by atoms with van der Waals surface area (Å²) in [6.07, 6.45) is 1.52. The number of benzene rings is 3. The molecule has 40 heavy (non-hydrogen) atoms. The summed E-state index contributed by atoms with van der Waals surface area (Å²) < 4.78 is 12.7. The maximum Gasteiger partial charge on any atom is 0.261 e. The van der Waals surface area contributed by atoms with Gasteiger partial charge in [-0.25, -0.2) is 4.68 Å². The normalized spacial score (nSPS) is 14.2. The van der Waals surface area contributed by atoms with E-state index in [2.05, 4.69) is 21.0 Å². The van der Waals surface area contributed by atoms with Gasteiger partial charge in [-0.05, 0) is 68.3 Å². The fourth-order valence-corrected chi connectivity index (χ4v) is 4.80. The maximum atomic E-state index is 13.8. The molecule has 0 fully saturated rings. The molecule has 0 aliphatic carbocycles. The van der Waals surface area contributed by atoms with E-state index in [-0.39, 0.29) is 11.8 Å². The Kier molecular flexibility index (Phi) is 7.54. The van der Waals surface area contributed by atoms with Crippen LogP contribution in [0.15, 0.2) is 90.3 Å². The Labute approximate surface area is 232 Å². The highest BCUT2D eigenvalue weighted by Crippen LogP contribution is 2.39. The lowest BCUT2D eigenvalue weighted by Crippen LogP contribution is -2.32. The van der Waals surface area contributed by atoms with Gasteiger partial charge in [-0.15, -0.1) is 0 Å². The van der Waals surface area contributed by atoms with Gasteiger partial charge in [-0.3, -0.25) is 9.59 Å². The Morgan fingerprint density at radius 1 is 0.975 bits per heavy atom. The van der Waals surface area contributed by atoms with Gasteiger partial charge < -0.3 is 25.4 Å². The van der Waals surface area contributed by atoms with Crippen molar-refractivity contribution in [1.29, 1.82) is 0 Å². The third-order valence-electron chi connectivity index (χ3n) is 6.65. The summed E-state index contributed by atoms with van der Waals surface area (Å²) in [6, 6.07) is 21.7. The topological polar surface area (TPSA) is 107 Å². The summed E-state index contributed by atoms with van der Waals surface area (Å²) >= 11 is 0. The molecule has 2 heterocycles. The molecule has 0 saturated heterocycles. The summed E-state index contributed by atoms with van der Waals surface area (Å²) in [6.45, 7) is 6.25. The number of carbonyl (C=O) groups is 2. The highest BCUT2D eigenvalue weighted by molar-refractivity contribution is 6.09. The predicted molar refractivity (Wildman–Crippen MR) is 155 cm³/mol. The number of ether oxygens (including phenoxy) is 2. The molecular weight excluding hydrogens is 506 g/mol. The van der Waals surface area contributed by atoms with Crippen LogP contribution in [0.3, 0.4) is 0 Å². The van der Waals surface area contributed by atoms with Crippen molar-refractivity contribution in [1.82, 2.24) is 9.78 Å². The van der Waals surface area contributed by atoms with Crippen molar-refractivity contribution in [3.63, 3.8) is 0 Å². The average molecular weight is 538 g/mol. The number of allylic oxidation sites excluding steroid dienone is 1. The van der Waals surface area contributed by atoms with Gasteiger partial charge in [0.2, 0.25) is 0 Å². The number of fused-ring (bicyclic) bond motifs is 1. The van der Waals surface area contributed by atoms with Crippen molar-refractivity contribution >= 4 is 29.0 Å². The van der Waals surface area contributed by atoms with E-state index in [9.17, 15) is 9.59 Å². The Balaban J connectivity index is 1.54. The van der Waals surface area contributed by atoms with Gasteiger partial charge in [-0.1, -0.05) is 36.4 Å². The lowest BCUT2D eigenvalue weighted by molar-refractivity contribution is -0.113. The molecule has 4 aromatic rings. The molecule has 9 heteroatoms. The number of para-hydroxylation sites is 2. The molecule has 1 aliphatic heterocycles. The standard InChI is InChI=1S/C31H31N5O4/c1-5-40-23-15-13-21(14-16-23)28-27(31(38)35-25-11-6-7-12-26(25)39-4)20(3)33-29-24(18-32-36(28)29)30(37)34-22-10-8-9-19(2)17-22/h6-18,28,33H,5H2,1-4H3,(H,34,37)(H,35,38)/t28-/m0/s1. The Morgan fingerprint density at radius 3 is 2.48 bits per heavy atom. The Hall–Kier alpha value is -5.05. The van der Waals surface area contributed by atoms with Crippen molar-refractivity contribution in [2.45, 2.75) is 26.8 Å². The second-order valence-corrected chi connectivity index (χ2v) is 9.40. The van der Waals surface area contributed by atoms with E-state index in [4.69, 9.17) is 9.47 Å². The minimum Gasteiger partial charge on any atom is -0.495 e. The number of hydrogen-bond acceptors (Lipinski definition) is 6. The van der Waals surface area contributed by atoms with Gasteiger partial charge in [0.25, 0.3) is 11.8 Å². The average Bonchev–Trinajstić information content (AvgIpc) is 3.37. The number of hydrogen-bond donors (Lipinski definition) is 3. The van der Waals surface area contributed by atoms with E-state index in [0.717, 1.165) is 16.9 Å². The Bertz CT molecular complexity index is 1590. The molecule has 1 aliphatic rings. The third-order valence-corrected chi connectivity index (χ3v) is 6.65. The lowest BCUT2D eigenvalue weighted by atomic mass is 9.94. The largest absolute Gasteiger partial charge is 0.495 e. The smallest absolute Gasteiger partial charge is 0.261 e. The van der Waals surface area contributed by atoms with Gasteiger partial charge in [-0.2, -0.15) is 5.10 Å². The van der Waals surface area contributed by atoms with Gasteiger partial charge in [0.05, 0.1) is 31.2 Å². The van der Waals surface area contributed by atoms with Gasteiger partial charge in [0.1, 0.15) is 28.9 Å². The van der Waals surface area contributed by atoms with Crippen LogP contribution in [0.1, 0.15) is 41.4 Å². The highest BCUT2D eigenvalue weighted by atomic mass is 16.5. The molecule has 2 amide bonds. The summed E-state index contributed by atoms with van der Waals surface area (Å²) in [4.78, 5) is 27.1. The zero-order valence-corrected chi connectivity index (χ0v) is 22.8. The number of aromatic nitrogens is 2. The zero-order chi connectivity index (χ0) is 28.2. The van der Waals surface area contributed by atoms with Crippen LogP contribution >= 0.6 is 0 Å². The van der Waals surface area contributed by atoms with E-state index in [1.54, 1.807) is 23.9 Å². The molecule has 0 saturated carbocycles. The molecule has 0 radical (unpaired) electrons. The van der Waals surface area contributed by atoms with Crippen LogP contribution in [0.25, 0.3) is 0 Å². The number of rotatable bonds is 8. The SMILES string of the molecule is CCOc1ccc([C@H]2C(C(=O)Nc3ccccc3OC)=C(C)Nc3c(C(=O)Nc4cccc(C)c4)cnn32)cc1. The molecule has 3 N–H and O–H groups in total. The number of nitrogens with one attached hydrogen (secondary N) is 3. The third kappa shape index (κ3) is 5.26. The van der Waals surface area contributed by atoms with Crippen molar-refractivity contribution in [2.24, 2.45) is 0 Å². The lowest BCUT2D eigenvalue weighted by Gasteiger charge is -2.30. The quantitative estimate of drug-likeness (QED) is 0.263. The molecule has 0 spiro atoms. The molecule has 5 rings (SSSR count). The Morgan fingerprint density at radius 2 is 1.75 bits per heavy atom. The minimum absolute atomic E-state index is 0.306. The fraction of sp³-hybridized carbons (Fsp3) is 0.194. The van der Waals surface area contributed by atoms with E-state index in [1.165, 1.54) is 6.20 Å². The van der Waals surface area contributed by atoms with Crippen LogP contribution in [0.2, 0.25) is 0 Å². The van der Waals surface area contributed by atoms with E-state index in [1.807, 2.05) is 81.4 Å².